The van der Waals surface area contributed by atoms with E-state index in [-0.39, 0.29) is 10.0 Å². The molecule has 0 N–H and O–H groups in total. The van der Waals surface area contributed by atoms with Crippen LogP contribution in [0.1, 0.15) is 20.3 Å². The summed E-state index contributed by atoms with van der Waals surface area (Å²) >= 11 is 5.78. The van der Waals surface area contributed by atoms with Crippen molar-refractivity contribution in [3.05, 3.63) is 23.5 Å². The molecule has 0 spiro atoms. The Morgan fingerprint density at radius 2 is 1.95 bits per heavy atom. The maximum absolute atomic E-state index is 12.5. The van der Waals surface area contributed by atoms with Gasteiger partial charge >= 0.3 is 0 Å². The number of rotatable bonds is 5. The van der Waals surface area contributed by atoms with Gasteiger partial charge in [-0.1, -0.05) is 25.4 Å². The molecule has 118 valence electrons. The molecule has 0 unspecified atom stereocenters. The minimum Gasteiger partial charge on any atom is -0.301 e. The van der Waals surface area contributed by atoms with Crippen LogP contribution >= 0.6 is 11.6 Å². The molecule has 2 rings (SSSR count). The van der Waals surface area contributed by atoms with Crippen molar-refractivity contribution in [3.8, 4) is 0 Å². The van der Waals surface area contributed by atoms with Gasteiger partial charge in [0.05, 0.1) is 4.90 Å². The minimum absolute atomic E-state index is 0.201. The molecule has 1 aromatic heterocycles. The third-order valence-corrected chi connectivity index (χ3v) is 5.79. The van der Waals surface area contributed by atoms with Gasteiger partial charge in [0, 0.05) is 32.4 Å². The Morgan fingerprint density at radius 1 is 1.29 bits per heavy atom. The normalized spacial score (nSPS) is 18.3. The fourth-order valence-electron chi connectivity index (χ4n) is 2.33. The van der Waals surface area contributed by atoms with E-state index in [1.165, 1.54) is 22.6 Å². The van der Waals surface area contributed by atoms with Crippen molar-refractivity contribution in [2.75, 3.05) is 32.7 Å². The lowest BCUT2D eigenvalue weighted by Crippen LogP contribution is -2.48. The first-order chi connectivity index (χ1) is 9.89. The summed E-state index contributed by atoms with van der Waals surface area (Å²) in [6, 6.07) is 2.90. The molecule has 21 heavy (non-hydrogen) atoms. The van der Waals surface area contributed by atoms with Gasteiger partial charge in [0.1, 0.15) is 5.15 Å². The highest BCUT2D eigenvalue weighted by Crippen LogP contribution is 2.19. The molecule has 1 aliphatic heterocycles. The number of nitrogens with zero attached hydrogens (tertiary/aromatic N) is 3. The van der Waals surface area contributed by atoms with E-state index in [2.05, 4.69) is 23.7 Å². The zero-order chi connectivity index (χ0) is 15.5. The van der Waals surface area contributed by atoms with Crippen LogP contribution in [0.4, 0.5) is 0 Å². The summed E-state index contributed by atoms with van der Waals surface area (Å²) in [6.45, 7) is 8.06. The van der Waals surface area contributed by atoms with Gasteiger partial charge in [-0.3, -0.25) is 0 Å². The number of hydrogen-bond donors (Lipinski definition) is 0. The molecular formula is C14H22ClN3O2S. The van der Waals surface area contributed by atoms with Gasteiger partial charge in [-0.2, -0.15) is 4.31 Å². The Hall–Kier alpha value is -0.690. The lowest BCUT2D eigenvalue weighted by Gasteiger charge is -2.34. The topological polar surface area (TPSA) is 53.5 Å². The average Bonchev–Trinajstić information content (AvgIpc) is 2.45. The molecule has 0 aliphatic carbocycles. The maximum atomic E-state index is 12.5. The molecule has 1 aromatic rings. The highest BCUT2D eigenvalue weighted by Gasteiger charge is 2.28. The minimum atomic E-state index is -3.46. The van der Waals surface area contributed by atoms with E-state index < -0.39 is 10.0 Å². The van der Waals surface area contributed by atoms with Crippen LogP contribution in [-0.4, -0.2) is 55.3 Å². The first-order valence-electron chi connectivity index (χ1n) is 7.23. The van der Waals surface area contributed by atoms with Crippen LogP contribution in [-0.2, 0) is 10.0 Å². The SMILES string of the molecule is CC(C)CCN1CCN(S(=O)(=O)c2ccnc(Cl)c2)CC1. The standard InChI is InChI=1S/C14H22ClN3O2S/c1-12(2)4-6-17-7-9-18(10-8-17)21(19,20)13-3-5-16-14(15)11-13/h3,5,11-12H,4,6-10H2,1-2H3. The Kier molecular flexibility index (Phi) is 5.60. The number of piperazine rings is 1. The van der Waals surface area contributed by atoms with Gasteiger partial charge < -0.3 is 4.90 Å². The van der Waals surface area contributed by atoms with Gasteiger partial charge in [-0.05, 0) is 31.0 Å². The van der Waals surface area contributed by atoms with Crippen molar-refractivity contribution < 1.29 is 8.42 Å². The van der Waals surface area contributed by atoms with Crippen LogP contribution in [0.2, 0.25) is 5.15 Å². The van der Waals surface area contributed by atoms with Crippen molar-refractivity contribution in [2.24, 2.45) is 5.92 Å². The van der Waals surface area contributed by atoms with E-state index >= 15 is 0 Å². The maximum Gasteiger partial charge on any atom is 0.243 e. The Bertz CT molecular complexity index is 569. The van der Waals surface area contributed by atoms with Gasteiger partial charge in [0.2, 0.25) is 10.0 Å². The zero-order valence-electron chi connectivity index (χ0n) is 12.5. The Labute approximate surface area is 132 Å². The smallest absolute Gasteiger partial charge is 0.243 e. The molecule has 2 heterocycles. The van der Waals surface area contributed by atoms with Gasteiger partial charge in [-0.25, -0.2) is 13.4 Å². The Morgan fingerprint density at radius 3 is 2.52 bits per heavy atom. The lowest BCUT2D eigenvalue weighted by molar-refractivity contribution is 0.180. The first kappa shape index (κ1) is 16.7. The number of sulfonamides is 1. The second-order valence-electron chi connectivity index (χ2n) is 5.74. The molecular weight excluding hydrogens is 310 g/mol. The molecule has 0 atom stereocenters. The molecule has 0 bridgehead atoms. The van der Waals surface area contributed by atoms with Crippen LogP contribution in [0.5, 0.6) is 0 Å². The second kappa shape index (κ2) is 7.05. The molecule has 0 radical (unpaired) electrons. The van der Waals surface area contributed by atoms with E-state index in [1.807, 2.05) is 0 Å². The predicted octanol–water partition coefficient (Wildman–Crippen LogP) is 2.09. The zero-order valence-corrected chi connectivity index (χ0v) is 14.1. The number of pyridine rings is 1. The molecule has 0 amide bonds. The van der Waals surface area contributed by atoms with E-state index in [0.29, 0.717) is 19.0 Å². The van der Waals surface area contributed by atoms with E-state index in [1.54, 1.807) is 0 Å². The number of halogens is 1. The second-order valence-corrected chi connectivity index (χ2v) is 8.07. The summed E-state index contributed by atoms with van der Waals surface area (Å²) < 4.78 is 26.6. The third kappa shape index (κ3) is 4.39. The highest BCUT2D eigenvalue weighted by molar-refractivity contribution is 7.89. The van der Waals surface area contributed by atoms with Crippen LogP contribution < -0.4 is 0 Å². The van der Waals surface area contributed by atoms with E-state index in [9.17, 15) is 8.42 Å². The molecule has 0 aromatic carbocycles. The summed E-state index contributed by atoms with van der Waals surface area (Å²) in [5.74, 6) is 0.672. The Balaban J connectivity index is 1.98. The summed E-state index contributed by atoms with van der Waals surface area (Å²) in [6.07, 6.45) is 2.57. The summed E-state index contributed by atoms with van der Waals surface area (Å²) in [7, 11) is -3.46. The summed E-state index contributed by atoms with van der Waals surface area (Å²) in [5, 5.41) is 0.201. The van der Waals surface area contributed by atoms with Gasteiger partial charge in [-0.15, -0.1) is 0 Å². The van der Waals surface area contributed by atoms with Crippen molar-refractivity contribution in [2.45, 2.75) is 25.2 Å². The predicted molar refractivity (Wildman–Crippen MR) is 83.9 cm³/mol. The van der Waals surface area contributed by atoms with Crippen LogP contribution in [0, 0.1) is 5.92 Å². The number of hydrogen-bond acceptors (Lipinski definition) is 4. The van der Waals surface area contributed by atoms with Crippen molar-refractivity contribution in [1.82, 2.24) is 14.2 Å². The van der Waals surface area contributed by atoms with Crippen molar-refractivity contribution in [1.29, 1.82) is 0 Å². The fourth-order valence-corrected chi connectivity index (χ4v) is 4.00. The van der Waals surface area contributed by atoms with Crippen LogP contribution in [0.25, 0.3) is 0 Å². The third-order valence-electron chi connectivity index (χ3n) is 3.69. The quantitative estimate of drug-likeness (QED) is 0.775. The molecule has 5 nitrogen and oxygen atoms in total. The highest BCUT2D eigenvalue weighted by atomic mass is 35.5. The summed E-state index contributed by atoms with van der Waals surface area (Å²) in [4.78, 5) is 6.37. The lowest BCUT2D eigenvalue weighted by atomic mass is 10.1. The van der Waals surface area contributed by atoms with Crippen molar-refractivity contribution in [3.63, 3.8) is 0 Å². The van der Waals surface area contributed by atoms with Crippen molar-refractivity contribution >= 4 is 21.6 Å². The van der Waals surface area contributed by atoms with Crippen LogP contribution in [0.15, 0.2) is 23.2 Å². The molecule has 1 saturated heterocycles. The van der Waals surface area contributed by atoms with Gasteiger partial charge in [0.15, 0.2) is 0 Å². The summed E-state index contributed by atoms with van der Waals surface area (Å²) in [5.41, 5.74) is 0. The van der Waals surface area contributed by atoms with Gasteiger partial charge in [0.25, 0.3) is 0 Å². The molecule has 0 saturated carbocycles. The monoisotopic (exact) mass is 331 g/mol. The van der Waals surface area contributed by atoms with Crippen LogP contribution in [0.3, 0.4) is 0 Å². The van der Waals surface area contributed by atoms with E-state index in [4.69, 9.17) is 11.6 Å². The molecule has 1 fully saturated rings. The fraction of sp³-hybridized carbons (Fsp3) is 0.643. The molecule has 1 aliphatic rings. The average molecular weight is 332 g/mol. The largest absolute Gasteiger partial charge is 0.301 e. The van der Waals surface area contributed by atoms with E-state index in [0.717, 1.165) is 26.1 Å². The first-order valence-corrected chi connectivity index (χ1v) is 9.05. The molecule has 7 heteroatoms. The number of aromatic nitrogens is 1.